The molecule has 1 aliphatic rings. The van der Waals surface area contributed by atoms with Crippen LogP contribution in [0, 0.1) is 11.3 Å². The van der Waals surface area contributed by atoms with E-state index in [-0.39, 0.29) is 11.8 Å². The number of benzene rings is 2. The van der Waals surface area contributed by atoms with Gasteiger partial charge in [-0.05, 0) is 41.8 Å². The largest absolute Gasteiger partial charge is 0.368 e. The van der Waals surface area contributed by atoms with E-state index in [9.17, 15) is 9.59 Å². The molecule has 8 nitrogen and oxygen atoms in total. The van der Waals surface area contributed by atoms with Gasteiger partial charge in [0.1, 0.15) is 11.9 Å². The van der Waals surface area contributed by atoms with E-state index < -0.39 is 6.04 Å². The highest BCUT2D eigenvalue weighted by molar-refractivity contribution is 5.94. The Hall–Kier alpha value is -4.22. The minimum atomic E-state index is -0.543. The van der Waals surface area contributed by atoms with Crippen LogP contribution in [0.3, 0.4) is 0 Å². The SMILES string of the molecule is CN1CCN(c2ccc(NC(=O)[C@@H](NCCc3ccc(C#N)cc3)c3ccccc3)nc2)CCC1=O. The summed E-state index contributed by atoms with van der Waals surface area (Å²) < 4.78 is 0. The molecular formula is C28H30N6O2. The molecule has 2 N–H and O–H groups in total. The highest BCUT2D eigenvalue weighted by Gasteiger charge is 2.21. The molecule has 0 unspecified atom stereocenters. The first kappa shape index (κ1) is 24.9. The Morgan fingerprint density at radius 1 is 1.06 bits per heavy atom. The summed E-state index contributed by atoms with van der Waals surface area (Å²) in [6.07, 6.45) is 2.94. The zero-order valence-electron chi connectivity index (χ0n) is 20.4. The van der Waals surface area contributed by atoms with Crippen LogP contribution in [-0.2, 0) is 16.0 Å². The molecular weight excluding hydrogens is 452 g/mol. The van der Waals surface area contributed by atoms with Crippen LogP contribution >= 0.6 is 0 Å². The van der Waals surface area contributed by atoms with Gasteiger partial charge in [0.2, 0.25) is 11.8 Å². The second kappa shape index (κ2) is 12.0. The molecule has 2 amide bonds. The molecule has 0 radical (unpaired) electrons. The number of aromatic nitrogens is 1. The van der Waals surface area contributed by atoms with Gasteiger partial charge >= 0.3 is 0 Å². The van der Waals surface area contributed by atoms with Gasteiger partial charge in [-0.2, -0.15) is 5.26 Å². The molecule has 3 aromatic rings. The van der Waals surface area contributed by atoms with Gasteiger partial charge in [0.25, 0.3) is 0 Å². The van der Waals surface area contributed by atoms with Crippen molar-refractivity contribution in [2.45, 2.75) is 18.9 Å². The first-order chi connectivity index (χ1) is 17.5. The normalized spacial score (nSPS) is 14.6. The number of anilines is 2. The molecule has 0 saturated carbocycles. The van der Waals surface area contributed by atoms with Gasteiger partial charge in [-0.1, -0.05) is 42.5 Å². The Labute approximate surface area is 211 Å². The third kappa shape index (κ3) is 6.46. The summed E-state index contributed by atoms with van der Waals surface area (Å²) in [7, 11) is 1.82. The lowest BCUT2D eigenvalue weighted by atomic mass is 10.1. The Morgan fingerprint density at radius 2 is 1.83 bits per heavy atom. The van der Waals surface area contributed by atoms with Gasteiger partial charge in [0.15, 0.2) is 0 Å². The molecule has 1 atom stereocenters. The van der Waals surface area contributed by atoms with Gasteiger partial charge in [-0.3, -0.25) is 9.59 Å². The van der Waals surface area contributed by atoms with Gasteiger partial charge in [0.05, 0.1) is 23.5 Å². The number of nitrogens with zero attached hydrogens (tertiary/aromatic N) is 4. The average Bonchev–Trinajstić information content (AvgIpc) is 3.08. The van der Waals surface area contributed by atoms with E-state index in [0.29, 0.717) is 37.4 Å². The number of rotatable bonds is 8. The summed E-state index contributed by atoms with van der Waals surface area (Å²) >= 11 is 0. The number of amides is 2. The van der Waals surface area contributed by atoms with Crippen LogP contribution < -0.4 is 15.5 Å². The maximum atomic E-state index is 13.2. The highest BCUT2D eigenvalue weighted by Crippen LogP contribution is 2.19. The average molecular weight is 483 g/mol. The van der Waals surface area contributed by atoms with E-state index in [2.05, 4.69) is 26.6 Å². The van der Waals surface area contributed by atoms with Crippen LogP contribution in [0.4, 0.5) is 11.5 Å². The second-order valence-electron chi connectivity index (χ2n) is 8.80. The minimum absolute atomic E-state index is 0.146. The summed E-state index contributed by atoms with van der Waals surface area (Å²) in [5.41, 5.74) is 3.51. The number of pyridine rings is 1. The Kier molecular flexibility index (Phi) is 8.27. The molecule has 4 rings (SSSR count). The van der Waals surface area contributed by atoms with Crippen molar-refractivity contribution in [3.63, 3.8) is 0 Å². The van der Waals surface area contributed by atoms with Crippen molar-refractivity contribution in [2.24, 2.45) is 0 Å². The van der Waals surface area contributed by atoms with Crippen molar-refractivity contribution >= 4 is 23.3 Å². The van der Waals surface area contributed by atoms with Gasteiger partial charge in [0, 0.05) is 39.6 Å². The number of nitriles is 1. The fraction of sp³-hybridized carbons (Fsp3) is 0.286. The second-order valence-corrected chi connectivity index (χ2v) is 8.80. The van der Waals surface area contributed by atoms with Crippen molar-refractivity contribution in [3.05, 3.63) is 89.6 Å². The molecule has 1 aliphatic heterocycles. The number of carbonyl (C=O) groups is 2. The number of carbonyl (C=O) groups excluding carboxylic acids is 2. The Balaban J connectivity index is 1.39. The third-order valence-corrected chi connectivity index (χ3v) is 6.33. The fourth-order valence-electron chi connectivity index (χ4n) is 4.15. The fourth-order valence-corrected chi connectivity index (χ4v) is 4.15. The summed E-state index contributed by atoms with van der Waals surface area (Å²) in [5, 5.41) is 15.3. The molecule has 8 heteroatoms. The molecule has 1 aromatic heterocycles. The van der Waals surface area contributed by atoms with Crippen LogP contribution in [0.25, 0.3) is 0 Å². The zero-order chi connectivity index (χ0) is 25.3. The highest BCUT2D eigenvalue weighted by atomic mass is 16.2. The quantitative estimate of drug-likeness (QED) is 0.512. The summed E-state index contributed by atoms with van der Waals surface area (Å²) in [6, 6.07) is 22.4. The zero-order valence-corrected chi connectivity index (χ0v) is 20.4. The van der Waals surface area contributed by atoms with E-state index in [1.165, 1.54) is 0 Å². The monoisotopic (exact) mass is 482 g/mol. The topological polar surface area (TPSA) is 101 Å². The lowest BCUT2D eigenvalue weighted by Gasteiger charge is -2.22. The van der Waals surface area contributed by atoms with Crippen LogP contribution in [0.1, 0.15) is 29.2 Å². The summed E-state index contributed by atoms with van der Waals surface area (Å²) in [5.74, 6) is 0.429. The third-order valence-electron chi connectivity index (χ3n) is 6.33. The lowest BCUT2D eigenvalue weighted by Crippen LogP contribution is -2.34. The first-order valence-electron chi connectivity index (χ1n) is 12.1. The van der Waals surface area contributed by atoms with Gasteiger partial charge in [-0.25, -0.2) is 4.98 Å². The van der Waals surface area contributed by atoms with E-state index in [1.807, 2.05) is 55.6 Å². The molecule has 2 aromatic carbocycles. The van der Waals surface area contributed by atoms with Crippen molar-refractivity contribution < 1.29 is 9.59 Å². The van der Waals surface area contributed by atoms with E-state index >= 15 is 0 Å². The summed E-state index contributed by atoms with van der Waals surface area (Å²) in [4.78, 5) is 33.5. The molecule has 0 aliphatic carbocycles. The predicted molar refractivity (Wildman–Crippen MR) is 139 cm³/mol. The number of nitrogens with one attached hydrogen (secondary N) is 2. The lowest BCUT2D eigenvalue weighted by molar-refractivity contribution is -0.129. The molecule has 36 heavy (non-hydrogen) atoms. The standard InChI is InChI=1S/C28H30N6O2/c1-33-17-18-34(16-14-26(33)35)24-11-12-25(31-20-24)32-28(36)27(23-5-3-2-4-6-23)30-15-13-21-7-9-22(19-29)10-8-21/h2-12,20,27,30H,13-18H2,1H3,(H,31,32,36)/t27-/m0/s1. The van der Waals surface area contributed by atoms with Crippen molar-refractivity contribution in [3.8, 4) is 6.07 Å². The first-order valence-corrected chi connectivity index (χ1v) is 12.1. The summed E-state index contributed by atoms with van der Waals surface area (Å²) in [6.45, 7) is 2.66. The van der Waals surface area contributed by atoms with Crippen LogP contribution in [0.5, 0.6) is 0 Å². The Morgan fingerprint density at radius 3 is 2.53 bits per heavy atom. The van der Waals surface area contributed by atoms with Crippen LogP contribution in [0.15, 0.2) is 72.9 Å². The number of hydrogen-bond donors (Lipinski definition) is 2. The molecule has 0 bridgehead atoms. The van der Waals surface area contributed by atoms with E-state index in [4.69, 9.17) is 5.26 Å². The van der Waals surface area contributed by atoms with Gasteiger partial charge < -0.3 is 20.4 Å². The van der Waals surface area contributed by atoms with Crippen molar-refractivity contribution in [1.82, 2.24) is 15.2 Å². The molecule has 184 valence electrons. The molecule has 1 fully saturated rings. The number of likely N-dealkylation sites (N-methyl/N-ethyl adjacent to an activating group) is 1. The molecule has 2 heterocycles. The van der Waals surface area contributed by atoms with Crippen molar-refractivity contribution in [1.29, 1.82) is 5.26 Å². The minimum Gasteiger partial charge on any atom is -0.368 e. The predicted octanol–water partition coefficient (Wildman–Crippen LogP) is 3.13. The van der Waals surface area contributed by atoms with Crippen LogP contribution in [0.2, 0.25) is 0 Å². The van der Waals surface area contributed by atoms with E-state index in [0.717, 1.165) is 29.8 Å². The smallest absolute Gasteiger partial charge is 0.247 e. The van der Waals surface area contributed by atoms with E-state index in [1.54, 1.807) is 29.3 Å². The Bertz CT molecular complexity index is 1210. The van der Waals surface area contributed by atoms with Crippen LogP contribution in [-0.4, -0.2) is 54.9 Å². The molecule has 0 spiro atoms. The maximum absolute atomic E-state index is 13.2. The number of hydrogen-bond acceptors (Lipinski definition) is 6. The van der Waals surface area contributed by atoms with Crippen molar-refractivity contribution in [2.75, 3.05) is 43.4 Å². The maximum Gasteiger partial charge on any atom is 0.247 e. The van der Waals surface area contributed by atoms with Gasteiger partial charge in [-0.15, -0.1) is 0 Å². The molecule has 1 saturated heterocycles.